The van der Waals surface area contributed by atoms with Crippen LogP contribution in [-0.2, 0) is 0 Å². The van der Waals surface area contributed by atoms with Gasteiger partial charge >= 0.3 is 0 Å². The fourth-order valence-corrected chi connectivity index (χ4v) is 2.63. The van der Waals surface area contributed by atoms with Crippen LogP contribution in [0.1, 0.15) is 5.56 Å². The van der Waals surface area contributed by atoms with Gasteiger partial charge in [0.25, 0.3) is 0 Å². The molecule has 0 aromatic heterocycles. The van der Waals surface area contributed by atoms with Gasteiger partial charge in [-0.3, -0.25) is 0 Å². The number of nitrogens with two attached hydrogens (primary N) is 1. The summed E-state index contributed by atoms with van der Waals surface area (Å²) in [6, 6.07) is 9.09. The Balaban J connectivity index is 2.37. The molecule has 0 saturated carbocycles. The first-order chi connectivity index (χ1) is 8.47. The first-order valence-electron chi connectivity index (χ1n) is 5.16. The first kappa shape index (κ1) is 13.7. The largest absolute Gasteiger partial charge is 0.455 e. The van der Waals surface area contributed by atoms with Crippen molar-refractivity contribution in [1.29, 1.82) is 0 Å². The van der Waals surface area contributed by atoms with Crippen LogP contribution >= 0.6 is 43.5 Å². The Morgan fingerprint density at radius 3 is 2.39 bits per heavy atom. The van der Waals surface area contributed by atoms with Gasteiger partial charge in [-0.2, -0.15) is 0 Å². The van der Waals surface area contributed by atoms with E-state index in [4.69, 9.17) is 22.1 Å². The molecule has 2 nitrogen and oxygen atoms in total. The second-order valence-corrected chi connectivity index (χ2v) is 5.96. The smallest absolute Gasteiger partial charge is 0.142 e. The molecule has 0 unspecified atom stereocenters. The van der Waals surface area contributed by atoms with Gasteiger partial charge < -0.3 is 10.5 Å². The van der Waals surface area contributed by atoms with Gasteiger partial charge in [0.1, 0.15) is 11.5 Å². The molecule has 0 saturated heterocycles. The van der Waals surface area contributed by atoms with Gasteiger partial charge in [-0.1, -0.05) is 11.6 Å². The van der Waals surface area contributed by atoms with E-state index >= 15 is 0 Å². The van der Waals surface area contributed by atoms with Crippen molar-refractivity contribution in [2.45, 2.75) is 6.92 Å². The normalized spacial score (nSPS) is 10.4. The van der Waals surface area contributed by atoms with Gasteiger partial charge in [0, 0.05) is 10.7 Å². The van der Waals surface area contributed by atoms with Crippen molar-refractivity contribution in [3.05, 3.63) is 49.9 Å². The molecule has 0 spiro atoms. The SMILES string of the molecule is Cc1cc(Oc2ccc(Cl)cc2Br)c(Br)cc1N. The molecule has 2 aromatic rings. The summed E-state index contributed by atoms with van der Waals surface area (Å²) in [5.74, 6) is 1.41. The van der Waals surface area contributed by atoms with Crippen molar-refractivity contribution in [1.82, 2.24) is 0 Å². The molecular weight excluding hydrogens is 381 g/mol. The number of benzene rings is 2. The zero-order valence-electron chi connectivity index (χ0n) is 9.51. The number of aryl methyl sites for hydroxylation is 1. The fourth-order valence-electron chi connectivity index (χ4n) is 1.43. The summed E-state index contributed by atoms with van der Waals surface area (Å²) in [7, 11) is 0. The van der Waals surface area contributed by atoms with Gasteiger partial charge in [0.05, 0.1) is 8.95 Å². The highest BCUT2D eigenvalue weighted by atomic mass is 79.9. The van der Waals surface area contributed by atoms with Gasteiger partial charge in [-0.05, 0) is 74.7 Å². The Kier molecular flexibility index (Phi) is 4.20. The molecule has 0 heterocycles. The van der Waals surface area contributed by atoms with E-state index in [-0.39, 0.29) is 0 Å². The third-order valence-electron chi connectivity index (χ3n) is 2.43. The van der Waals surface area contributed by atoms with E-state index in [9.17, 15) is 0 Å². The fraction of sp³-hybridized carbons (Fsp3) is 0.0769. The maximum atomic E-state index is 5.89. The minimum atomic E-state index is 0.654. The van der Waals surface area contributed by atoms with E-state index in [0.29, 0.717) is 16.5 Å². The summed E-state index contributed by atoms with van der Waals surface area (Å²) in [5.41, 5.74) is 7.52. The second kappa shape index (κ2) is 5.51. The summed E-state index contributed by atoms with van der Waals surface area (Å²) in [6.07, 6.45) is 0. The van der Waals surface area contributed by atoms with Crippen LogP contribution in [0.25, 0.3) is 0 Å². The quantitative estimate of drug-likeness (QED) is 0.682. The van der Waals surface area contributed by atoms with Crippen LogP contribution in [0, 0.1) is 6.92 Å². The lowest BCUT2D eigenvalue weighted by Crippen LogP contribution is -1.93. The lowest BCUT2D eigenvalue weighted by molar-refractivity contribution is 0.476. The number of hydrogen-bond donors (Lipinski definition) is 1. The average molecular weight is 391 g/mol. The molecule has 5 heteroatoms. The second-order valence-electron chi connectivity index (χ2n) is 3.82. The van der Waals surface area contributed by atoms with E-state index in [2.05, 4.69) is 31.9 Å². The zero-order valence-corrected chi connectivity index (χ0v) is 13.4. The van der Waals surface area contributed by atoms with Crippen molar-refractivity contribution in [2.24, 2.45) is 0 Å². The van der Waals surface area contributed by atoms with Crippen molar-refractivity contribution < 1.29 is 4.74 Å². The Morgan fingerprint density at radius 1 is 1.06 bits per heavy atom. The molecule has 0 atom stereocenters. The van der Waals surface area contributed by atoms with Crippen LogP contribution < -0.4 is 10.5 Å². The van der Waals surface area contributed by atoms with E-state index < -0.39 is 0 Å². The van der Waals surface area contributed by atoms with Crippen LogP contribution in [-0.4, -0.2) is 0 Å². The minimum Gasteiger partial charge on any atom is -0.455 e. The predicted molar refractivity (Wildman–Crippen MR) is 82.5 cm³/mol. The number of halogens is 3. The molecule has 18 heavy (non-hydrogen) atoms. The molecule has 2 N–H and O–H groups in total. The van der Waals surface area contributed by atoms with Crippen LogP contribution in [0.5, 0.6) is 11.5 Å². The van der Waals surface area contributed by atoms with Crippen LogP contribution in [0.15, 0.2) is 39.3 Å². The molecule has 0 radical (unpaired) electrons. The van der Waals surface area contributed by atoms with Crippen LogP contribution in [0.4, 0.5) is 5.69 Å². The van der Waals surface area contributed by atoms with Gasteiger partial charge in [0.15, 0.2) is 0 Å². The molecule has 0 aliphatic carbocycles. The molecule has 0 bridgehead atoms. The predicted octanol–water partition coefficient (Wildman–Crippen LogP) is 5.55. The number of ether oxygens (including phenoxy) is 1. The third-order valence-corrected chi connectivity index (χ3v) is 3.91. The van der Waals surface area contributed by atoms with Crippen LogP contribution in [0.2, 0.25) is 5.02 Å². The maximum Gasteiger partial charge on any atom is 0.142 e. The van der Waals surface area contributed by atoms with E-state index in [1.54, 1.807) is 12.1 Å². The molecule has 0 fully saturated rings. The highest BCUT2D eigenvalue weighted by Gasteiger charge is 2.08. The summed E-state index contributed by atoms with van der Waals surface area (Å²) in [6.45, 7) is 1.94. The lowest BCUT2D eigenvalue weighted by atomic mass is 10.2. The van der Waals surface area contributed by atoms with Crippen molar-refractivity contribution in [3.8, 4) is 11.5 Å². The number of nitrogen functional groups attached to an aromatic ring is 1. The molecule has 0 amide bonds. The topological polar surface area (TPSA) is 35.2 Å². The van der Waals surface area contributed by atoms with Gasteiger partial charge in [-0.25, -0.2) is 0 Å². The number of hydrogen-bond acceptors (Lipinski definition) is 2. The monoisotopic (exact) mass is 389 g/mol. The van der Waals surface area contributed by atoms with E-state index in [1.165, 1.54) is 0 Å². The Labute approximate surface area is 127 Å². The van der Waals surface area contributed by atoms with E-state index in [0.717, 1.165) is 20.2 Å². The lowest BCUT2D eigenvalue weighted by Gasteiger charge is -2.11. The highest BCUT2D eigenvalue weighted by Crippen LogP contribution is 2.37. The van der Waals surface area contributed by atoms with Crippen molar-refractivity contribution in [2.75, 3.05) is 5.73 Å². The summed E-state index contributed by atoms with van der Waals surface area (Å²) in [4.78, 5) is 0. The Bertz CT molecular complexity index is 602. The maximum absolute atomic E-state index is 5.89. The molecule has 0 aliphatic rings. The van der Waals surface area contributed by atoms with Crippen molar-refractivity contribution in [3.63, 3.8) is 0 Å². The molecular formula is C13H10Br2ClNO. The Morgan fingerprint density at radius 2 is 1.72 bits per heavy atom. The zero-order chi connectivity index (χ0) is 13.3. The van der Waals surface area contributed by atoms with Crippen molar-refractivity contribution >= 4 is 49.1 Å². The minimum absolute atomic E-state index is 0.654. The molecule has 94 valence electrons. The summed E-state index contributed by atoms with van der Waals surface area (Å²) < 4.78 is 7.44. The molecule has 2 rings (SSSR count). The van der Waals surface area contributed by atoms with Gasteiger partial charge in [-0.15, -0.1) is 0 Å². The molecule has 2 aromatic carbocycles. The highest BCUT2D eigenvalue weighted by molar-refractivity contribution is 9.11. The third kappa shape index (κ3) is 2.99. The first-order valence-corrected chi connectivity index (χ1v) is 7.12. The molecule has 0 aliphatic heterocycles. The average Bonchev–Trinajstić information content (AvgIpc) is 2.29. The van der Waals surface area contributed by atoms with Crippen LogP contribution in [0.3, 0.4) is 0 Å². The van der Waals surface area contributed by atoms with Gasteiger partial charge in [0.2, 0.25) is 0 Å². The summed E-state index contributed by atoms with van der Waals surface area (Å²) in [5, 5.41) is 0.654. The number of rotatable bonds is 2. The standard InChI is InChI=1S/C13H10Br2ClNO/c1-7-4-13(10(15)6-11(7)17)18-12-3-2-8(16)5-9(12)14/h2-6H,17H2,1H3. The Hall–Kier alpha value is -0.710. The number of anilines is 1. The summed E-state index contributed by atoms with van der Waals surface area (Å²) >= 11 is 12.7. The van der Waals surface area contributed by atoms with E-state index in [1.807, 2.05) is 25.1 Å².